The summed E-state index contributed by atoms with van der Waals surface area (Å²) in [5.74, 6) is 0.941. The van der Waals surface area contributed by atoms with Gasteiger partial charge in [0.1, 0.15) is 5.52 Å². The number of aryl methyl sites for hydroxylation is 2. The summed E-state index contributed by atoms with van der Waals surface area (Å²) in [5.41, 5.74) is 4.25. The SMILES string of the molecule is CCNC(=O)Nc1nc2c(-c3ncccn3)cc(-c3sc(C)nc3C)cc2[nH]1. The zero-order valence-corrected chi connectivity index (χ0v) is 16.5. The number of anilines is 1. The molecule has 3 aromatic heterocycles. The molecule has 0 unspecified atom stereocenters. The molecule has 2 amide bonds. The number of hydrogen-bond acceptors (Lipinski definition) is 6. The molecular formula is C19H19N7OS. The first-order valence-corrected chi connectivity index (χ1v) is 9.67. The fraction of sp³-hybridized carbons (Fsp3) is 0.211. The van der Waals surface area contributed by atoms with Crippen LogP contribution in [0.15, 0.2) is 30.6 Å². The number of carbonyl (C=O) groups is 1. The van der Waals surface area contributed by atoms with Gasteiger partial charge < -0.3 is 10.3 Å². The first-order chi connectivity index (χ1) is 13.5. The van der Waals surface area contributed by atoms with Crippen molar-refractivity contribution in [1.82, 2.24) is 30.2 Å². The summed E-state index contributed by atoms with van der Waals surface area (Å²) in [6, 6.07) is 5.49. The fourth-order valence-corrected chi connectivity index (χ4v) is 3.93. The highest BCUT2D eigenvalue weighted by Crippen LogP contribution is 2.36. The van der Waals surface area contributed by atoms with Gasteiger partial charge in [-0.3, -0.25) is 5.32 Å². The zero-order chi connectivity index (χ0) is 19.7. The Balaban J connectivity index is 1.88. The Bertz CT molecular complexity index is 1150. The number of amides is 2. The molecule has 0 atom stereocenters. The van der Waals surface area contributed by atoms with Crippen LogP contribution in [0.3, 0.4) is 0 Å². The number of thiazole rings is 1. The van der Waals surface area contributed by atoms with E-state index < -0.39 is 0 Å². The number of aromatic amines is 1. The highest BCUT2D eigenvalue weighted by molar-refractivity contribution is 7.15. The molecule has 0 aliphatic heterocycles. The molecule has 0 aliphatic rings. The van der Waals surface area contributed by atoms with E-state index in [2.05, 4.69) is 35.6 Å². The Kier molecular flexibility index (Phi) is 4.74. The van der Waals surface area contributed by atoms with Gasteiger partial charge >= 0.3 is 6.03 Å². The van der Waals surface area contributed by atoms with Gasteiger partial charge in [-0.1, -0.05) is 0 Å². The highest BCUT2D eigenvalue weighted by Gasteiger charge is 2.17. The third-order valence-corrected chi connectivity index (χ3v) is 5.25. The van der Waals surface area contributed by atoms with Gasteiger partial charge in [-0.25, -0.2) is 24.7 Å². The molecule has 4 aromatic rings. The summed E-state index contributed by atoms with van der Waals surface area (Å²) in [7, 11) is 0. The van der Waals surface area contributed by atoms with E-state index in [1.54, 1.807) is 29.8 Å². The lowest BCUT2D eigenvalue weighted by atomic mass is 10.1. The van der Waals surface area contributed by atoms with E-state index in [4.69, 9.17) is 0 Å². The molecular weight excluding hydrogens is 374 g/mol. The van der Waals surface area contributed by atoms with Crippen molar-refractivity contribution >= 4 is 34.3 Å². The molecule has 0 aliphatic carbocycles. The molecule has 3 heterocycles. The third kappa shape index (κ3) is 3.44. The monoisotopic (exact) mass is 393 g/mol. The van der Waals surface area contributed by atoms with E-state index in [0.29, 0.717) is 23.8 Å². The van der Waals surface area contributed by atoms with Crippen LogP contribution < -0.4 is 10.6 Å². The van der Waals surface area contributed by atoms with Crippen molar-refractivity contribution in [1.29, 1.82) is 0 Å². The number of H-pyrrole nitrogens is 1. The Morgan fingerprint density at radius 3 is 2.64 bits per heavy atom. The lowest BCUT2D eigenvalue weighted by Crippen LogP contribution is -2.28. The second-order valence-electron chi connectivity index (χ2n) is 6.21. The van der Waals surface area contributed by atoms with Crippen molar-refractivity contribution in [2.75, 3.05) is 11.9 Å². The standard InChI is InChI=1S/C19H19N7OS/c1-4-20-19(27)26-18-24-14-9-12(16-10(2)23-11(3)28-16)8-13(15(14)25-18)17-21-6-5-7-22-17/h5-9H,4H2,1-3H3,(H3,20,24,25,26,27). The second-order valence-corrected chi connectivity index (χ2v) is 7.41. The molecule has 8 nitrogen and oxygen atoms in total. The fourth-order valence-electron chi connectivity index (χ4n) is 3.03. The first-order valence-electron chi connectivity index (χ1n) is 8.85. The number of nitrogens with one attached hydrogen (secondary N) is 3. The smallest absolute Gasteiger partial charge is 0.321 e. The Labute approximate surface area is 165 Å². The van der Waals surface area contributed by atoms with Crippen LogP contribution in [0, 0.1) is 13.8 Å². The van der Waals surface area contributed by atoms with Crippen LogP contribution in [0.4, 0.5) is 10.7 Å². The Morgan fingerprint density at radius 1 is 1.18 bits per heavy atom. The summed E-state index contributed by atoms with van der Waals surface area (Å²) < 4.78 is 0. The Hall–Kier alpha value is -3.33. The average Bonchev–Trinajstić information content (AvgIpc) is 3.23. The first kappa shape index (κ1) is 18.1. The van der Waals surface area contributed by atoms with Crippen molar-refractivity contribution in [3.63, 3.8) is 0 Å². The lowest BCUT2D eigenvalue weighted by molar-refractivity contribution is 0.252. The van der Waals surface area contributed by atoms with Crippen molar-refractivity contribution in [2.24, 2.45) is 0 Å². The van der Waals surface area contributed by atoms with Crippen molar-refractivity contribution in [2.45, 2.75) is 20.8 Å². The molecule has 0 spiro atoms. The molecule has 0 saturated heterocycles. The average molecular weight is 393 g/mol. The topological polar surface area (TPSA) is 108 Å². The number of benzene rings is 1. The number of hydrogen-bond donors (Lipinski definition) is 3. The molecule has 4 rings (SSSR count). The number of aromatic nitrogens is 5. The van der Waals surface area contributed by atoms with Crippen molar-refractivity contribution in [3.8, 4) is 21.8 Å². The van der Waals surface area contributed by atoms with E-state index in [1.807, 2.05) is 32.9 Å². The number of nitrogens with zero attached hydrogens (tertiary/aromatic N) is 4. The summed E-state index contributed by atoms with van der Waals surface area (Å²) in [6.07, 6.45) is 3.40. The third-order valence-electron chi connectivity index (χ3n) is 4.13. The van der Waals surface area contributed by atoms with Gasteiger partial charge in [-0.2, -0.15) is 0 Å². The van der Waals surface area contributed by atoms with E-state index in [-0.39, 0.29) is 6.03 Å². The van der Waals surface area contributed by atoms with E-state index in [1.165, 1.54) is 0 Å². The molecule has 1 aromatic carbocycles. The van der Waals surface area contributed by atoms with Crippen LogP contribution in [0.5, 0.6) is 0 Å². The van der Waals surface area contributed by atoms with Gasteiger partial charge in [0.25, 0.3) is 0 Å². The maximum Gasteiger partial charge on any atom is 0.321 e. The number of carbonyl (C=O) groups excluding carboxylic acids is 1. The number of fused-ring (bicyclic) bond motifs is 1. The lowest BCUT2D eigenvalue weighted by Gasteiger charge is -2.05. The van der Waals surface area contributed by atoms with E-state index >= 15 is 0 Å². The normalized spacial score (nSPS) is 11.0. The molecule has 28 heavy (non-hydrogen) atoms. The van der Waals surface area contributed by atoms with Crippen LogP contribution in [-0.2, 0) is 0 Å². The van der Waals surface area contributed by atoms with Crippen molar-refractivity contribution < 1.29 is 4.79 Å². The van der Waals surface area contributed by atoms with Gasteiger partial charge in [0, 0.05) is 24.5 Å². The van der Waals surface area contributed by atoms with E-state index in [0.717, 1.165) is 32.2 Å². The van der Waals surface area contributed by atoms with Crippen molar-refractivity contribution in [3.05, 3.63) is 41.3 Å². The van der Waals surface area contributed by atoms with E-state index in [9.17, 15) is 4.79 Å². The predicted molar refractivity (Wildman–Crippen MR) is 110 cm³/mol. The van der Waals surface area contributed by atoms with Crippen LogP contribution in [0.25, 0.3) is 32.9 Å². The molecule has 0 fully saturated rings. The summed E-state index contributed by atoms with van der Waals surface area (Å²) in [5, 5.41) is 6.42. The number of rotatable bonds is 4. The minimum atomic E-state index is -0.312. The molecule has 3 N–H and O–H groups in total. The van der Waals surface area contributed by atoms with Gasteiger partial charge in [0.05, 0.1) is 21.1 Å². The number of urea groups is 1. The summed E-state index contributed by atoms with van der Waals surface area (Å²) in [4.78, 5) is 34.0. The Morgan fingerprint density at radius 2 is 1.96 bits per heavy atom. The zero-order valence-electron chi connectivity index (χ0n) is 15.7. The molecule has 0 bridgehead atoms. The largest absolute Gasteiger partial charge is 0.338 e. The molecule has 9 heteroatoms. The maximum absolute atomic E-state index is 11.9. The maximum atomic E-state index is 11.9. The quantitative estimate of drug-likeness (QED) is 0.487. The van der Waals surface area contributed by atoms with Gasteiger partial charge in [-0.15, -0.1) is 11.3 Å². The second kappa shape index (κ2) is 7.35. The summed E-state index contributed by atoms with van der Waals surface area (Å²) >= 11 is 1.64. The molecule has 0 radical (unpaired) electrons. The van der Waals surface area contributed by atoms with Gasteiger partial charge in [0.2, 0.25) is 5.95 Å². The van der Waals surface area contributed by atoms with Crippen LogP contribution >= 0.6 is 11.3 Å². The minimum Gasteiger partial charge on any atom is -0.338 e. The highest BCUT2D eigenvalue weighted by atomic mass is 32.1. The summed E-state index contributed by atoms with van der Waals surface area (Å²) in [6.45, 7) is 6.38. The predicted octanol–water partition coefficient (Wildman–Crippen LogP) is 3.90. The van der Waals surface area contributed by atoms with Crippen LogP contribution in [0.1, 0.15) is 17.6 Å². The molecule has 0 saturated carbocycles. The van der Waals surface area contributed by atoms with Gasteiger partial charge in [0.15, 0.2) is 5.82 Å². The molecule has 142 valence electrons. The van der Waals surface area contributed by atoms with Crippen LogP contribution in [-0.4, -0.2) is 37.5 Å². The minimum absolute atomic E-state index is 0.312. The van der Waals surface area contributed by atoms with Gasteiger partial charge in [-0.05, 0) is 44.5 Å². The number of imidazole rings is 1. The van der Waals surface area contributed by atoms with Crippen LogP contribution in [0.2, 0.25) is 0 Å².